The molecule has 2 aliphatic rings. The molecule has 1 aromatic rings. The van der Waals surface area contributed by atoms with Crippen LogP contribution in [0, 0.1) is 11.3 Å². The van der Waals surface area contributed by atoms with Gasteiger partial charge in [0.25, 0.3) is 0 Å². The van der Waals surface area contributed by atoms with Crippen molar-refractivity contribution in [3.63, 3.8) is 0 Å². The van der Waals surface area contributed by atoms with E-state index >= 15 is 0 Å². The lowest BCUT2D eigenvalue weighted by Gasteiger charge is -2.32. The van der Waals surface area contributed by atoms with Gasteiger partial charge in [-0.3, -0.25) is 4.90 Å². The van der Waals surface area contributed by atoms with Crippen molar-refractivity contribution in [3.8, 4) is 6.07 Å². The summed E-state index contributed by atoms with van der Waals surface area (Å²) >= 11 is 0. The normalized spacial score (nSPS) is 21.5. The second-order valence-corrected chi connectivity index (χ2v) is 8.68. The van der Waals surface area contributed by atoms with E-state index in [1.165, 1.54) is 42.0 Å². The maximum atomic E-state index is 12.8. The number of nitriles is 1. The van der Waals surface area contributed by atoms with Crippen LogP contribution in [0.2, 0.25) is 0 Å². The number of piperazine rings is 1. The molecular formula is C18H25N3O2S. The number of rotatable bonds is 4. The van der Waals surface area contributed by atoms with Crippen molar-refractivity contribution in [1.82, 2.24) is 9.21 Å². The molecule has 1 aliphatic heterocycles. The molecule has 0 spiro atoms. The number of benzene rings is 1. The Kier molecular flexibility index (Phi) is 5.54. The van der Waals surface area contributed by atoms with Crippen LogP contribution in [-0.4, -0.2) is 50.3 Å². The molecule has 0 bridgehead atoms. The van der Waals surface area contributed by atoms with E-state index in [0.717, 1.165) is 0 Å². The molecule has 1 aromatic carbocycles. The van der Waals surface area contributed by atoms with Crippen LogP contribution in [0.1, 0.15) is 43.6 Å². The maximum absolute atomic E-state index is 12.8. The minimum Gasteiger partial charge on any atom is -0.288 e. The fraction of sp³-hybridized carbons (Fsp3) is 0.611. The van der Waals surface area contributed by atoms with Gasteiger partial charge in [0.1, 0.15) is 0 Å². The Bertz CT molecular complexity index is 680. The summed E-state index contributed by atoms with van der Waals surface area (Å²) in [7, 11) is -3.42. The van der Waals surface area contributed by atoms with E-state index in [0.29, 0.717) is 43.5 Å². The van der Waals surface area contributed by atoms with E-state index in [9.17, 15) is 8.42 Å². The second kappa shape index (κ2) is 7.64. The smallest absolute Gasteiger partial charge is 0.243 e. The van der Waals surface area contributed by atoms with Crippen molar-refractivity contribution in [2.75, 3.05) is 32.7 Å². The monoisotopic (exact) mass is 347 g/mol. The van der Waals surface area contributed by atoms with E-state index < -0.39 is 10.0 Å². The predicted octanol–water partition coefficient (Wildman–Crippen LogP) is 2.56. The van der Waals surface area contributed by atoms with Crippen molar-refractivity contribution in [1.29, 1.82) is 5.26 Å². The molecule has 1 saturated carbocycles. The Morgan fingerprint density at radius 3 is 2.21 bits per heavy atom. The second-order valence-electron chi connectivity index (χ2n) is 6.74. The molecular weight excluding hydrogens is 322 g/mol. The first-order valence-electron chi connectivity index (χ1n) is 8.80. The zero-order valence-electron chi connectivity index (χ0n) is 14.0. The summed E-state index contributed by atoms with van der Waals surface area (Å²) in [6.07, 6.45) is 6.30. The largest absolute Gasteiger partial charge is 0.288 e. The Balaban J connectivity index is 1.68. The van der Waals surface area contributed by atoms with Gasteiger partial charge in [-0.25, -0.2) is 8.42 Å². The first kappa shape index (κ1) is 17.4. The van der Waals surface area contributed by atoms with Crippen LogP contribution in [0.3, 0.4) is 0 Å². The van der Waals surface area contributed by atoms with Gasteiger partial charge >= 0.3 is 0 Å². The van der Waals surface area contributed by atoms with E-state index in [4.69, 9.17) is 5.26 Å². The summed E-state index contributed by atoms with van der Waals surface area (Å²) in [5.41, 5.74) is 1.27. The van der Waals surface area contributed by atoms with E-state index in [2.05, 4.69) is 6.07 Å². The quantitative estimate of drug-likeness (QED) is 0.785. The van der Waals surface area contributed by atoms with Crippen LogP contribution in [0.5, 0.6) is 0 Å². The summed E-state index contributed by atoms with van der Waals surface area (Å²) in [5, 5.41) is 8.73. The molecule has 0 N–H and O–H groups in total. The average Bonchev–Trinajstić information content (AvgIpc) is 2.63. The highest BCUT2D eigenvalue weighted by molar-refractivity contribution is 7.89. The molecule has 1 aliphatic carbocycles. The molecule has 3 rings (SSSR count). The van der Waals surface area contributed by atoms with Crippen molar-refractivity contribution in [2.45, 2.75) is 42.9 Å². The van der Waals surface area contributed by atoms with Gasteiger partial charge in [0.2, 0.25) is 10.0 Å². The number of nitrogens with zero attached hydrogens (tertiary/aromatic N) is 3. The van der Waals surface area contributed by atoms with Gasteiger partial charge in [-0.15, -0.1) is 0 Å². The van der Waals surface area contributed by atoms with Gasteiger partial charge in [-0.1, -0.05) is 31.4 Å². The van der Waals surface area contributed by atoms with Gasteiger partial charge < -0.3 is 0 Å². The third-order valence-electron chi connectivity index (χ3n) is 5.22. The first-order chi connectivity index (χ1) is 11.6. The van der Waals surface area contributed by atoms with E-state index in [1.807, 2.05) is 17.0 Å². The number of sulfonamides is 1. The zero-order chi connectivity index (χ0) is 17.0. The van der Waals surface area contributed by atoms with Gasteiger partial charge in [0.05, 0.1) is 17.5 Å². The van der Waals surface area contributed by atoms with Gasteiger partial charge in [0.15, 0.2) is 0 Å². The molecule has 6 heteroatoms. The molecule has 0 unspecified atom stereocenters. The lowest BCUT2D eigenvalue weighted by atomic mass is 9.84. The first-order valence-corrected chi connectivity index (χ1v) is 10.2. The van der Waals surface area contributed by atoms with Crippen LogP contribution < -0.4 is 0 Å². The molecule has 0 radical (unpaired) electrons. The van der Waals surface area contributed by atoms with Crippen molar-refractivity contribution < 1.29 is 8.42 Å². The third-order valence-corrected chi connectivity index (χ3v) is 7.13. The Labute approximate surface area is 144 Å². The van der Waals surface area contributed by atoms with Crippen LogP contribution in [0.25, 0.3) is 0 Å². The Hall–Kier alpha value is -1.42. The molecule has 1 saturated heterocycles. The molecule has 1 heterocycles. The van der Waals surface area contributed by atoms with Crippen molar-refractivity contribution in [2.24, 2.45) is 0 Å². The van der Waals surface area contributed by atoms with E-state index in [1.54, 1.807) is 12.1 Å². The van der Waals surface area contributed by atoms with Gasteiger partial charge in [-0.2, -0.15) is 9.57 Å². The highest BCUT2D eigenvalue weighted by Gasteiger charge is 2.28. The lowest BCUT2D eigenvalue weighted by molar-refractivity contribution is 0.206. The van der Waals surface area contributed by atoms with Gasteiger partial charge in [0, 0.05) is 26.2 Å². The van der Waals surface area contributed by atoms with Crippen LogP contribution >= 0.6 is 0 Å². The molecule has 0 atom stereocenters. The Morgan fingerprint density at radius 1 is 1.00 bits per heavy atom. The molecule has 24 heavy (non-hydrogen) atoms. The number of hydrogen-bond donors (Lipinski definition) is 0. The zero-order valence-corrected chi connectivity index (χ0v) is 14.8. The standard InChI is InChI=1S/C18H25N3O2S/c19-10-11-20-12-14-21(15-13-20)24(22,23)18-8-6-17(7-9-18)16-4-2-1-3-5-16/h6-9,16H,1-5,11-15H2. The summed E-state index contributed by atoms with van der Waals surface area (Å²) in [6, 6.07) is 9.64. The molecule has 0 aromatic heterocycles. The van der Waals surface area contributed by atoms with Crippen LogP contribution in [0.15, 0.2) is 29.2 Å². The maximum Gasteiger partial charge on any atom is 0.243 e. The molecule has 130 valence electrons. The van der Waals surface area contributed by atoms with Crippen molar-refractivity contribution in [3.05, 3.63) is 29.8 Å². The predicted molar refractivity (Wildman–Crippen MR) is 93.1 cm³/mol. The summed E-state index contributed by atoms with van der Waals surface area (Å²) in [4.78, 5) is 2.37. The van der Waals surface area contributed by atoms with Gasteiger partial charge in [-0.05, 0) is 36.5 Å². The van der Waals surface area contributed by atoms with Crippen molar-refractivity contribution >= 4 is 10.0 Å². The summed E-state index contributed by atoms with van der Waals surface area (Å²) < 4.78 is 27.1. The third kappa shape index (κ3) is 3.80. The fourth-order valence-corrected chi connectivity index (χ4v) is 5.15. The van der Waals surface area contributed by atoms with E-state index in [-0.39, 0.29) is 0 Å². The average molecular weight is 347 g/mol. The van der Waals surface area contributed by atoms with Crippen LogP contribution in [-0.2, 0) is 10.0 Å². The number of hydrogen-bond acceptors (Lipinski definition) is 4. The topological polar surface area (TPSA) is 64.4 Å². The summed E-state index contributed by atoms with van der Waals surface area (Å²) in [5.74, 6) is 0.588. The molecule has 0 amide bonds. The molecule has 5 nitrogen and oxygen atoms in total. The minimum absolute atomic E-state index is 0.365. The lowest BCUT2D eigenvalue weighted by Crippen LogP contribution is -2.48. The highest BCUT2D eigenvalue weighted by Crippen LogP contribution is 2.33. The fourth-order valence-electron chi connectivity index (χ4n) is 3.72. The molecule has 2 fully saturated rings. The highest BCUT2D eigenvalue weighted by atomic mass is 32.2. The van der Waals surface area contributed by atoms with Crippen LogP contribution in [0.4, 0.5) is 0 Å². The SMILES string of the molecule is N#CCN1CCN(S(=O)(=O)c2ccc(C3CCCCC3)cc2)CC1. The summed E-state index contributed by atoms with van der Waals surface area (Å²) in [6.45, 7) is 2.51. The minimum atomic E-state index is -3.42. The Morgan fingerprint density at radius 2 is 1.62 bits per heavy atom.